The molecule has 5 nitrogen and oxygen atoms in total. The summed E-state index contributed by atoms with van der Waals surface area (Å²) >= 11 is 0. The summed E-state index contributed by atoms with van der Waals surface area (Å²) in [5.41, 5.74) is 6.60. The third kappa shape index (κ3) is 3.28. The van der Waals surface area contributed by atoms with E-state index in [1.54, 1.807) is 0 Å². The molecule has 82 valence electrons. The largest absolute Gasteiger partial charge is 0.327 e. The van der Waals surface area contributed by atoms with Gasteiger partial charge in [0, 0.05) is 36.5 Å². The van der Waals surface area contributed by atoms with Gasteiger partial charge in [-0.1, -0.05) is 13.8 Å². The molecular formula is C10H15N3O2. The first-order chi connectivity index (χ1) is 7.00. The van der Waals surface area contributed by atoms with Gasteiger partial charge in [-0.25, -0.2) is 0 Å². The normalized spacial score (nSPS) is 12.8. The van der Waals surface area contributed by atoms with Crippen LogP contribution in [0.15, 0.2) is 18.3 Å². The average molecular weight is 209 g/mol. The minimum absolute atomic E-state index is 0.0143. The third-order valence-electron chi connectivity index (χ3n) is 2.31. The summed E-state index contributed by atoms with van der Waals surface area (Å²) in [5.74, 6) is 0.339. The molecule has 0 aliphatic carbocycles. The van der Waals surface area contributed by atoms with Crippen molar-refractivity contribution in [3.05, 3.63) is 34.1 Å². The van der Waals surface area contributed by atoms with Crippen LogP contribution in [0.2, 0.25) is 0 Å². The number of aromatic nitrogens is 1. The number of hydrogen-bond donors (Lipinski definition) is 1. The molecule has 1 aromatic rings. The Morgan fingerprint density at radius 1 is 1.60 bits per heavy atom. The maximum atomic E-state index is 10.5. The predicted molar refractivity (Wildman–Crippen MR) is 57.4 cm³/mol. The van der Waals surface area contributed by atoms with E-state index in [-0.39, 0.29) is 11.7 Å². The second kappa shape index (κ2) is 4.84. The lowest BCUT2D eigenvalue weighted by Crippen LogP contribution is -2.29. The first kappa shape index (κ1) is 11.6. The number of nitrogens with two attached hydrogens (primary N) is 1. The van der Waals surface area contributed by atoms with Crippen LogP contribution in [0.1, 0.15) is 19.5 Å². The van der Waals surface area contributed by atoms with E-state index in [4.69, 9.17) is 5.73 Å². The van der Waals surface area contributed by atoms with Crippen LogP contribution < -0.4 is 5.73 Å². The van der Waals surface area contributed by atoms with E-state index in [1.807, 2.05) is 13.8 Å². The highest BCUT2D eigenvalue weighted by Crippen LogP contribution is 2.13. The van der Waals surface area contributed by atoms with Crippen LogP contribution in [0.5, 0.6) is 0 Å². The summed E-state index contributed by atoms with van der Waals surface area (Å²) in [5, 5.41) is 10.5. The van der Waals surface area contributed by atoms with E-state index in [0.29, 0.717) is 18.0 Å². The van der Waals surface area contributed by atoms with Crippen molar-refractivity contribution in [2.75, 3.05) is 0 Å². The van der Waals surface area contributed by atoms with E-state index in [9.17, 15) is 10.1 Å². The number of rotatable bonds is 4. The zero-order valence-electron chi connectivity index (χ0n) is 8.88. The molecule has 1 atom stereocenters. The van der Waals surface area contributed by atoms with E-state index in [0.717, 1.165) is 0 Å². The Hall–Kier alpha value is -1.49. The lowest BCUT2D eigenvalue weighted by atomic mass is 10.00. The molecule has 0 spiro atoms. The molecule has 0 aliphatic heterocycles. The second-order valence-corrected chi connectivity index (χ2v) is 3.87. The molecule has 0 fully saturated rings. The fourth-order valence-electron chi connectivity index (χ4n) is 1.17. The Morgan fingerprint density at radius 3 is 2.80 bits per heavy atom. The van der Waals surface area contributed by atoms with Crippen LogP contribution in [-0.2, 0) is 6.42 Å². The Kier molecular flexibility index (Phi) is 3.74. The van der Waals surface area contributed by atoms with Crippen LogP contribution >= 0.6 is 0 Å². The monoisotopic (exact) mass is 209 g/mol. The summed E-state index contributed by atoms with van der Waals surface area (Å²) in [7, 11) is 0. The molecule has 0 bridgehead atoms. The molecule has 1 unspecified atom stereocenters. The van der Waals surface area contributed by atoms with Gasteiger partial charge in [0.25, 0.3) is 5.69 Å². The van der Waals surface area contributed by atoms with Crippen LogP contribution in [0.25, 0.3) is 0 Å². The van der Waals surface area contributed by atoms with Crippen LogP contribution in [0.3, 0.4) is 0 Å². The highest BCUT2D eigenvalue weighted by molar-refractivity contribution is 5.29. The fourth-order valence-corrected chi connectivity index (χ4v) is 1.17. The number of hydrogen-bond acceptors (Lipinski definition) is 4. The molecule has 15 heavy (non-hydrogen) atoms. The molecule has 0 aliphatic rings. The summed E-state index contributed by atoms with van der Waals surface area (Å²) in [4.78, 5) is 14.2. The van der Waals surface area contributed by atoms with Crippen molar-refractivity contribution in [1.82, 2.24) is 4.98 Å². The molecular weight excluding hydrogens is 194 g/mol. The highest BCUT2D eigenvalue weighted by atomic mass is 16.6. The van der Waals surface area contributed by atoms with Gasteiger partial charge in [-0.2, -0.15) is 0 Å². The molecule has 0 radical (unpaired) electrons. The van der Waals surface area contributed by atoms with Crippen LogP contribution in [-0.4, -0.2) is 15.9 Å². The highest BCUT2D eigenvalue weighted by Gasteiger charge is 2.12. The molecule has 0 saturated heterocycles. The molecule has 1 heterocycles. The molecule has 0 aromatic carbocycles. The number of nitro groups is 1. The Bertz CT molecular complexity index is 352. The summed E-state index contributed by atoms with van der Waals surface area (Å²) in [6.45, 7) is 4.03. The molecule has 0 saturated carbocycles. The van der Waals surface area contributed by atoms with Crippen LogP contribution in [0.4, 0.5) is 5.69 Å². The Balaban J connectivity index is 2.78. The Morgan fingerprint density at radius 2 is 2.27 bits per heavy atom. The van der Waals surface area contributed by atoms with Gasteiger partial charge in [-0.3, -0.25) is 15.1 Å². The van der Waals surface area contributed by atoms with Crippen molar-refractivity contribution in [2.45, 2.75) is 26.3 Å². The first-order valence-corrected chi connectivity index (χ1v) is 4.85. The lowest BCUT2D eigenvalue weighted by Gasteiger charge is -2.14. The minimum Gasteiger partial charge on any atom is -0.327 e. The van der Waals surface area contributed by atoms with Crippen molar-refractivity contribution >= 4 is 5.69 Å². The standard InChI is InChI=1S/C10H15N3O2/c1-7(2)10(11)6-8-5-9(13(14)15)3-4-12-8/h3-5,7,10H,6,11H2,1-2H3. The fraction of sp³-hybridized carbons (Fsp3) is 0.500. The molecule has 1 rings (SSSR count). The maximum Gasteiger partial charge on any atom is 0.272 e. The summed E-state index contributed by atoms with van der Waals surface area (Å²) in [6.07, 6.45) is 2.01. The van der Waals surface area contributed by atoms with Crippen molar-refractivity contribution < 1.29 is 4.92 Å². The summed E-state index contributed by atoms with van der Waals surface area (Å²) < 4.78 is 0. The van der Waals surface area contributed by atoms with Crippen LogP contribution in [0, 0.1) is 16.0 Å². The van der Waals surface area contributed by atoms with E-state index < -0.39 is 4.92 Å². The van der Waals surface area contributed by atoms with Gasteiger partial charge in [-0.15, -0.1) is 0 Å². The average Bonchev–Trinajstić information content (AvgIpc) is 2.18. The van der Waals surface area contributed by atoms with Gasteiger partial charge in [0.05, 0.1) is 4.92 Å². The van der Waals surface area contributed by atoms with Gasteiger partial charge in [0.15, 0.2) is 0 Å². The van der Waals surface area contributed by atoms with Crippen molar-refractivity contribution in [3.8, 4) is 0 Å². The predicted octanol–water partition coefficient (Wildman–Crippen LogP) is 1.52. The van der Waals surface area contributed by atoms with Gasteiger partial charge >= 0.3 is 0 Å². The zero-order valence-corrected chi connectivity index (χ0v) is 8.88. The van der Waals surface area contributed by atoms with E-state index in [1.165, 1.54) is 18.3 Å². The number of nitrogens with zero attached hydrogens (tertiary/aromatic N) is 2. The quantitative estimate of drug-likeness (QED) is 0.602. The van der Waals surface area contributed by atoms with Crippen molar-refractivity contribution in [2.24, 2.45) is 11.7 Å². The maximum absolute atomic E-state index is 10.5. The number of pyridine rings is 1. The van der Waals surface area contributed by atoms with Crippen molar-refractivity contribution in [3.63, 3.8) is 0 Å². The molecule has 5 heteroatoms. The van der Waals surface area contributed by atoms with E-state index in [2.05, 4.69) is 4.98 Å². The second-order valence-electron chi connectivity index (χ2n) is 3.87. The summed E-state index contributed by atoms with van der Waals surface area (Å²) in [6, 6.07) is 2.84. The Labute approximate surface area is 88.5 Å². The first-order valence-electron chi connectivity index (χ1n) is 4.85. The zero-order chi connectivity index (χ0) is 11.4. The van der Waals surface area contributed by atoms with Gasteiger partial charge in [0.1, 0.15) is 0 Å². The topological polar surface area (TPSA) is 82.0 Å². The smallest absolute Gasteiger partial charge is 0.272 e. The minimum atomic E-state index is -0.425. The van der Waals surface area contributed by atoms with Gasteiger partial charge in [-0.05, 0) is 5.92 Å². The molecule has 1 aromatic heterocycles. The van der Waals surface area contributed by atoms with E-state index >= 15 is 0 Å². The van der Waals surface area contributed by atoms with Crippen molar-refractivity contribution in [1.29, 1.82) is 0 Å². The SMILES string of the molecule is CC(C)C(N)Cc1cc([N+](=O)[O-])ccn1. The molecule has 0 amide bonds. The van der Waals surface area contributed by atoms with Gasteiger partial charge < -0.3 is 5.73 Å². The van der Waals surface area contributed by atoms with Gasteiger partial charge in [0.2, 0.25) is 0 Å². The lowest BCUT2D eigenvalue weighted by molar-refractivity contribution is -0.385. The molecule has 2 N–H and O–H groups in total. The third-order valence-corrected chi connectivity index (χ3v) is 2.31.